The summed E-state index contributed by atoms with van der Waals surface area (Å²) in [5.41, 5.74) is -3.44. The lowest BCUT2D eigenvalue weighted by atomic mass is 9.69. The van der Waals surface area contributed by atoms with Crippen molar-refractivity contribution in [2.24, 2.45) is 0 Å². The molecule has 0 bridgehead atoms. The SMILES string of the molecule is Nc1ccc(C2(F)C(F)(F)C(F)(F)C(F)(F)C(F)(F)C2(F)F)cc1Br. The summed E-state index contributed by atoms with van der Waals surface area (Å²) in [6.45, 7) is 0. The van der Waals surface area contributed by atoms with Gasteiger partial charge in [-0.25, -0.2) is 4.39 Å². The topological polar surface area (TPSA) is 26.0 Å². The molecule has 25 heavy (non-hydrogen) atoms. The molecule has 0 saturated heterocycles. The summed E-state index contributed by atoms with van der Waals surface area (Å²) in [5, 5.41) is 0. The van der Waals surface area contributed by atoms with Gasteiger partial charge in [0.05, 0.1) is 0 Å². The van der Waals surface area contributed by atoms with Crippen molar-refractivity contribution in [2.45, 2.75) is 35.3 Å². The van der Waals surface area contributed by atoms with Crippen molar-refractivity contribution >= 4 is 21.6 Å². The van der Waals surface area contributed by atoms with Gasteiger partial charge in [0, 0.05) is 15.7 Å². The molecule has 1 fully saturated rings. The largest absolute Gasteiger partial charge is 0.398 e. The monoisotopic (exact) mass is 451 g/mol. The van der Waals surface area contributed by atoms with Crippen LogP contribution in [0, 0.1) is 0 Å². The van der Waals surface area contributed by atoms with Gasteiger partial charge in [0.2, 0.25) is 0 Å². The second-order valence-electron chi connectivity index (χ2n) is 5.27. The summed E-state index contributed by atoms with van der Waals surface area (Å²) in [6.07, 6.45) is 0. The quantitative estimate of drug-likeness (QED) is 0.449. The van der Waals surface area contributed by atoms with Crippen LogP contribution in [0.15, 0.2) is 22.7 Å². The summed E-state index contributed by atoms with van der Waals surface area (Å²) in [6, 6.07) is 0.472. The van der Waals surface area contributed by atoms with E-state index in [-0.39, 0.29) is 17.8 Å². The van der Waals surface area contributed by atoms with Crippen molar-refractivity contribution in [2.75, 3.05) is 5.73 Å². The number of anilines is 1. The van der Waals surface area contributed by atoms with E-state index >= 15 is 0 Å². The van der Waals surface area contributed by atoms with E-state index in [9.17, 15) is 48.3 Å². The molecule has 1 nitrogen and oxygen atoms in total. The highest BCUT2D eigenvalue weighted by Crippen LogP contribution is 2.72. The van der Waals surface area contributed by atoms with Gasteiger partial charge in [0.25, 0.3) is 5.67 Å². The summed E-state index contributed by atoms with van der Waals surface area (Å²) >= 11 is 2.49. The minimum absolute atomic E-state index is 0.00244. The van der Waals surface area contributed by atoms with Gasteiger partial charge in [-0.15, -0.1) is 0 Å². The van der Waals surface area contributed by atoms with E-state index in [0.29, 0.717) is 6.07 Å². The average molecular weight is 452 g/mol. The molecule has 1 aliphatic carbocycles. The number of hydrogen-bond donors (Lipinski definition) is 1. The van der Waals surface area contributed by atoms with E-state index in [4.69, 9.17) is 5.73 Å². The molecule has 0 spiro atoms. The van der Waals surface area contributed by atoms with Gasteiger partial charge < -0.3 is 5.73 Å². The average Bonchev–Trinajstić information content (AvgIpc) is 2.47. The molecule has 0 aliphatic heterocycles. The summed E-state index contributed by atoms with van der Waals surface area (Å²) in [4.78, 5) is 0. The van der Waals surface area contributed by atoms with Crippen LogP contribution in [0.1, 0.15) is 5.56 Å². The Balaban J connectivity index is 2.93. The highest BCUT2D eigenvalue weighted by Gasteiger charge is 3.01. The molecule has 0 unspecified atom stereocenters. The van der Waals surface area contributed by atoms with E-state index in [1.54, 1.807) is 0 Å². The molecule has 2 N–H and O–H groups in total. The van der Waals surface area contributed by atoms with Crippen molar-refractivity contribution in [3.8, 4) is 0 Å². The Labute approximate surface area is 140 Å². The Hall–Kier alpha value is -1.27. The fourth-order valence-corrected chi connectivity index (χ4v) is 2.70. The number of benzene rings is 1. The van der Waals surface area contributed by atoms with E-state index in [0.717, 1.165) is 0 Å². The summed E-state index contributed by atoms with van der Waals surface area (Å²) in [7, 11) is 0. The number of halogens is 12. The standard InChI is InChI=1S/C12H5BrF11N/c13-5-3-4(1-2-6(5)25)7(14)8(15,16)10(19,20)12(23,24)11(21,22)9(7,17)18/h1-3H,25H2. The third kappa shape index (κ3) is 1.90. The van der Waals surface area contributed by atoms with Crippen LogP contribution in [-0.2, 0) is 5.67 Å². The zero-order valence-electron chi connectivity index (χ0n) is 11.3. The molecule has 2 rings (SSSR count). The Morgan fingerprint density at radius 3 is 1.36 bits per heavy atom. The van der Waals surface area contributed by atoms with E-state index in [2.05, 4.69) is 15.9 Å². The van der Waals surface area contributed by atoms with Gasteiger partial charge in [-0.05, 0) is 28.1 Å². The first-order valence-corrected chi connectivity index (χ1v) is 6.84. The smallest absolute Gasteiger partial charge is 0.384 e. The maximum atomic E-state index is 14.7. The summed E-state index contributed by atoms with van der Waals surface area (Å²) in [5.74, 6) is -35.3. The first-order chi connectivity index (χ1) is 10.9. The number of rotatable bonds is 1. The predicted molar refractivity (Wildman–Crippen MR) is 66.1 cm³/mol. The van der Waals surface area contributed by atoms with Crippen molar-refractivity contribution in [3.63, 3.8) is 0 Å². The van der Waals surface area contributed by atoms with Crippen LogP contribution in [0.25, 0.3) is 0 Å². The van der Waals surface area contributed by atoms with Crippen LogP contribution < -0.4 is 5.73 Å². The lowest BCUT2D eigenvalue weighted by Gasteiger charge is -2.52. The van der Waals surface area contributed by atoms with Crippen LogP contribution in [-0.4, -0.2) is 29.6 Å². The number of nitrogens with two attached hydrogens (primary N) is 1. The Bertz CT molecular complexity index is 685. The lowest BCUT2D eigenvalue weighted by molar-refractivity contribution is -0.489. The normalized spacial score (nSPS) is 27.7. The molecule has 1 saturated carbocycles. The van der Waals surface area contributed by atoms with Crippen molar-refractivity contribution in [1.82, 2.24) is 0 Å². The molecule has 0 atom stereocenters. The minimum Gasteiger partial charge on any atom is -0.398 e. The molecule has 1 aromatic rings. The molecule has 1 aromatic carbocycles. The van der Waals surface area contributed by atoms with Crippen LogP contribution in [0.2, 0.25) is 0 Å². The minimum atomic E-state index is -7.23. The highest BCUT2D eigenvalue weighted by molar-refractivity contribution is 9.10. The van der Waals surface area contributed by atoms with Gasteiger partial charge in [-0.1, -0.05) is 6.07 Å². The fourth-order valence-electron chi connectivity index (χ4n) is 2.33. The van der Waals surface area contributed by atoms with Gasteiger partial charge in [0.15, 0.2) is 0 Å². The maximum Gasteiger partial charge on any atom is 0.384 e. The molecule has 0 heterocycles. The third-order valence-corrected chi connectivity index (χ3v) is 4.53. The van der Waals surface area contributed by atoms with Crippen LogP contribution in [0.3, 0.4) is 0 Å². The zero-order chi connectivity index (χ0) is 19.9. The number of hydrogen-bond acceptors (Lipinski definition) is 1. The van der Waals surface area contributed by atoms with Crippen molar-refractivity contribution in [1.29, 1.82) is 0 Å². The van der Waals surface area contributed by atoms with Crippen LogP contribution in [0.4, 0.5) is 54.0 Å². The first kappa shape index (κ1) is 20.0. The van der Waals surface area contributed by atoms with Crippen molar-refractivity contribution in [3.05, 3.63) is 28.2 Å². The zero-order valence-corrected chi connectivity index (χ0v) is 12.9. The molecule has 13 heteroatoms. The van der Waals surface area contributed by atoms with Gasteiger partial charge >= 0.3 is 29.6 Å². The second kappa shape index (κ2) is 4.92. The Morgan fingerprint density at radius 1 is 0.640 bits per heavy atom. The fraction of sp³-hybridized carbons (Fsp3) is 0.500. The Kier molecular flexibility index (Phi) is 3.94. The Morgan fingerprint density at radius 2 is 1.00 bits per heavy atom. The van der Waals surface area contributed by atoms with Gasteiger partial charge in [-0.2, -0.15) is 43.9 Å². The van der Waals surface area contributed by atoms with Crippen LogP contribution in [0.5, 0.6) is 0 Å². The number of nitrogen functional groups attached to an aromatic ring is 1. The van der Waals surface area contributed by atoms with Gasteiger partial charge in [-0.3, -0.25) is 0 Å². The molecular formula is C12H5BrF11N. The molecule has 0 amide bonds. The maximum absolute atomic E-state index is 14.7. The second-order valence-corrected chi connectivity index (χ2v) is 6.12. The predicted octanol–water partition coefficient (Wildman–Crippen LogP) is 5.39. The van der Waals surface area contributed by atoms with Crippen LogP contribution >= 0.6 is 15.9 Å². The molecule has 0 radical (unpaired) electrons. The van der Waals surface area contributed by atoms with E-state index in [1.165, 1.54) is 0 Å². The summed E-state index contributed by atoms with van der Waals surface area (Å²) < 4.78 is 149. The molecular weight excluding hydrogens is 447 g/mol. The molecule has 0 aromatic heterocycles. The van der Waals surface area contributed by atoms with E-state index in [1.807, 2.05) is 0 Å². The number of alkyl halides is 11. The highest BCUT2D eigenvalue weighted by atomic mass is 79.9. The first-order valence-electron chi connectivity index (χ1n) is 6.04. The van der Waals surface area contributed by atoms with Gasteiger partial charge in [0.1, 0.15) is 0 Å². The lowest BCUT2D eigenvalue weighted by Crippen LogP contribution is -2.82. The van der Waals surface area contributed by atoms with E-state index < -0.39 is 45.3 Å². The third-order valence-electron chi connectivity index (χ3n) is 3.84. The molecule has 142 valence electrons. The molecule has 1 aliphatic rings. The van der Waals surface area contributed by atoms with Crippen molar-refractivity contribution < 1.29 is 48.3 Å².